The maximum Gasteiger partial charge on any atom is 0.471 e. The fraction of sp³-hybridized carbons (Fsp3) is 0.0263. The predicted octanol–water partition coefficient (Wildman–Crippen LogP) is 9.45. The average molecular weight is 560 g/mol. The molecule has 5 nitrogen and oxygen atoms in total. The lowest BCUT2D eigenvalue weighted by Gasteiger charge is -2.26. The first-order valence-electron chi connectivity index (χ1n) is 14.3. The lowest BCUT2D eigenvalue weighted by molar-refractivity contribution is -0.762. The standard InChI is InChI=1S/C38H27N2O3/c1-4-13-27(14-5-1)32-19-12-20-33-36(32)43-38(40-34-21-10-11-22-35(34)42-37(33)40)41-31-25-23-30(24-26-31)39(28-15-6-2-7-16-28)29-17-8-3-9-18-29/h1-26,38H/q+1. The Morgan fingerprint density at radius 3 is 1.81 bits per heavy atom. The number of oxazole rings is 1. The van der Waals surface area contributed by atoms with Gasteiger partial charge >= 0.3 is 12.3 Å². The maximum atomic E-state index is 6.70. The van der Waals surface area contributed by atoms with Gasteiger partial charge in [-0.15, -0.1) is 0 Å². The number of rotatable bonds is 6. The van der Waals surface area contributed by atoms with E-state index in [2.05, 4.69) is 83.8 Å². The molecule has 0 amide bonds. The normalized spacial score (nSPS) is 13.5. The van der Waals surface area contributed by atoms with Gasteiger partial charge in [0.1, 0.15) is 11.3 Å². The van der Waals surface area contributed by atoms with Crippen LogP contribution < -0.4 is 18.9 Å². The molecular weight excluding hydrogens is 532 g/mol. The summed E-state index contributed by atoms with van der Waals surface area (Å²) in [6, 6.07) is 53.1. The Labute approximate surface area is 249 Å². The van der Waals surface area contributed by atoms with E-state index in [4.69, 9.17) is 13.9 Å². The number of benzene rings is 6. The highest BCUT2D eigenvalue weighted by atomic mass is 16.7. The minimum atomic E-state index is -0.777. The number of hydrogen-bond donors (Lipinski definition) is 0. The minimum absolute atomic E-state index is 0.680. The van der Waals surface area contributed by atoms with Gasteiger partial charge in [-0.25, -0.2) is 0 Å². The molecule has 6 aromatic carbocycles. The van der Waals surface area contributed by atoms with Crippen molar-refractivity contribution in [2.75, 3.05) is 4.90 Å². The van der Waals surface area contributed by atoms with Crippen molar-refractivity contribution in [1.82, 2.24) is 0 Å². The summed E-state index contributed by atoms with van der Waals surface area (Å²) in [6.07, 6.45) is -0.777. The largest absolute Gasteiger partial charge is 0.471 e. The van der Waals surface area contributed by atoms with Gasteiger partial charge in [-0.05, 0) is 66.2 Å². The topological polar surface area (TPSA) is 38.7 Å². The van der Waals surface area contributed by atoms with E-state index < -0.39 is 6.41 Å². The molecule has 7 aromatic rings. The summed E-state index contributed by atoms with van der Waals surface area (Å²) in [4.78, 5) is 2.22. The second-order valence-electron chi connectivity index (χ2n) is 10.3. The third-order valence-corrected chi connectivity index (χ3v) is 7.67. The highest BCUT2D eigenvalue weighted by molar-refractivity contribution is 5.81. The van der Waals surface area contributed by atoms with E-state index in [9.17, 15) is 0 Å². The quantitative estimate of drug-likeness (QED) is 0.190. The minimum Gasteiger partial charge on any atom is -0.401 e. The highest BCUT2D eigenvalue weighted by Gasteiger charge is 2.42. The third kappa shape index (κ3) is 4.48. The molecule has 0 saturated carbocycles. The second kappa shape index (κ2) is 10.5. The SMILES string of the molecule is c1ccc(-c2cccc3c2OC(Oc2ccc(N(c4ccccc4)c4ccccc4)cc2)[n+]2c-3oc3ccccc32)cc1. The zero-order chi connectivity index (χ0) is 28.6. The van der Waals surface area contributed by atoms with Crippen LogP contribution in [0.5, 0.6) is 11.5 Å². The summed E-state index contributed by atoms with van der Waals surface area (Å²) in [7, 11) is 0. The summed E-state index contributed by atoms with van der Waals surface area (Å²) in [5.41, 5.74) is 7.77. The van der Waals surface area contributed by atoms with E-state index in [-0.39, 0.29) is 0 Å². The maximum absolute atomic E-state index is 6.70. The molecule has 0 spiro atoms. The Kier molecular flexibility index (Phi) is 6.12. The number of hydrogen-bond acceptors (Lipinski definition) is 4. The fourth-order valence-electron chi connectivity index (χ4n) is 5.70. The Bertz CT molecular complexity index is 1980. The third-order valence-electron chi connectivity index (χ3n) is 7.67. The van der Waals surface area contributed by atoms with Crippen molar-refractivity contribution in [3.63, 3.8) is 0 Å². The summed E-state index contributed by atoms with van der Waals surface area (Å²) in [5, 5.41) is 0. The summed E-state index contributed by atoms with van der Waals surface area (Å²) >= 11 is 0. The molecule has 5 heteroatoms. The van der Waals surface area contributed by atoms with Gasteiger partial charge in [0.15, 0.2) is 5.75 Å². The molecule has 0 aliphatic carbocycles. The second-order valence-corrected chi connectivity index (χ2v) is 10.3. The van der Waals surface area contributed by atoms with Gasteiger partial charge in [0, 0.05) is 28.7 Å². The van der Waals surface area contributed by atoms with Gasteiger partial charge in [-0.2, -0.15) is 0 Å². The summed E-state index contributed by atoms with van der Waals surface area (Å²) in [6.45, 7) is 0. The van der Waals surface area contributed by atoms with Crippen molar-refractivity contribution in [3.05, 3.63) is 158 Å². The molecule has 1 aliphatic heterocycles. The van der Waals surface area contributed by atoms with Crippen LogP contribution in [0, 0.1) is 0 Å². The summed E-state index contributed by atoms with van der Waals surface area (Å²) < 4.78 is 21.7. The first kappa shape index (κ1) is 24.9. The molecule has 43 heavy (non-hydrogen) atoms. The molecule has 1 atom stereocenters. The highest BCUT2D eigenvalue weighted by Crippen LogP contribution is 2.44. The van der Waals surface area contributed by atoms with Gasteiger partial charge in [0.2, 0.25) is 5.58 Å². The van der Waals surface area contributed by atoms with Crippen molar-refractivity contribution in [3.8, 4) is 34.1 Å². The molecular formula is C38H27N2O3+. The molecule has 1 aliphatic rings. The Balaban J connectivity index is 1.19. The molecule has 8 rings (SSSR count). The van der Waals surface area contributed by atoms with E-state index in [0.717, 1.165) is 50.6 Å². The fourth-order valence-corrected chi connectivity index (χ4v) is 5.70. The van der Waals surface area contributed by atoms with E-state index in [0.29, 0.717) is 11.6 Å². The van der Waals surface area contributed by atoms with E-state index >= 15 is 0 Å². The number of aromatic nitrogens is 1. The van der Waals surface area contributed by atoms with Gasteiger partial charge in [0.05, 0.1) is 0 Å². The van der Waals surface area contributed by atoms with Crippen molar-refractivity contribution in [2.45, 2.75) is 6.41 Å². The van der Waals surface area contributed by atoms with Crippen molar-refractivity contribution in [1.29, 1.82) is 0 Å². The van der Waals surface area contributed by atoms with E-state index in [1.54, 1.807) is 0 Å². The van der Waals surface area contributed by atoms with Crippen LogP contribution >= 0.6 is 0 Å². The smallest absolute Gasteiger partial charge is 0.401 e. The number of ether oxygens (including phenoxy) is 2. The van der Waals surface area contributed by atoms with Crippen LogP contribution in [0.1, 0.15) is 6.41 Å². The lowest BCUT2D eigenvalue weighted by Crippen LogP contribution is -2.49. The van der Waals surface area contributed by atoms with E-state index in [1.807, 2.05) is 83.4 Å². The van der Waals surface area contributed by atoms with Gasteiger partial charge in [-0.1, -0.05) is 95.6 Å². The predicted molar refractivity (Wildman–Crippen MR) is 169 cm³/mol. The Hall–Kier alpha value is -5.81. The number of anilines is 3. The average Bonchev–Trinajstić information content (AvgIpc) is 3.47. The lowest BCUT2D eigenvalue weighted by atomic mass is 10.0. The van der Waals surface area contributed by atoms with Crippen LogP contribution in [0.2, 0.25) is 0 Å². The Morgan fingerprint density at radius 1 is 0.535 bits per heavy atom. The molecule has 0 N–H and O–H groups in total. The van der Waals surface area contributed by atoms with Crippen molar-refractivity contribution in [2.24, 2.45) is 0 Å². The van der Waals surface area contributed by atoms with E-state index in [1.165, 1.54) is 0 Å². The molecule has 0 fully saturated rings. The zero-order valence-electron chi connectivity index (χ0n) is 23.2. The molecule has 0 saturated heterocycles. The Morgan fingerprint density at radius 2 is 1.12 bits per heavy atom. The van der Waals surface area contributed by atoms with Crippen LogP contribution in [0.15, 0.2) is 162 Å². The van der Waals surface area contributed by atoms with Crippen LogP contribution in [0.3, 0.4) is 0 Å². The first-order chi connectivity index (χ1) is 21.3. The van der Waals surface area contributed by atoms with Crippen LogP contribution in [-0.2, 0) is 0 Å². The number of para-hydroxylation sites is 5. The molecule has 1 aromatic heterocycles. The number of fused-ring (bicyclic) bond motifs is 5. The first-order valence-corrected chi connectivity index (χ1v) is 14.3. The van der Waals surface area contributed by atoms with Gasteiger partial charge in [0.25, 0.3) is 5.52 Å². The molecule has 206 valence electrons. The molecule has 1 unspecified atom stereocenters. The monoisotopic (exact) mass is 559 g/mol. The summed E-state index contributed by atoms with van der Waals surface area (Å²) in [5.74, 6) is 2.11. The van der Waals surface area contributed by atoms with Crippen molar-refractivity contribution < 1.29 is 18.5 Å². The van der Waals surface area contributed by atoms with Crippen molar-refractivity contribution >= 4 is 28.2 Å². The van der Waals surface area contributed by atoms with Crippen LogP contribution in [-0.4, -0.2) is 0 Å². The van der Waals surface area contributed by atoms with Crippen LogP contribution in [0.4, 0.5) is 17.1 Å². The molecule has 2 heterocycles. The number of nitrogens with zero attached hydrogens (tertiary/aromatic N) is 2. The molecule has 0 radical (unpaired) electrons. The zero-order valence-corrected chi connectivity index (χ0v) is 23.2. The van der Waals surface area contributed by atoms with Gasteiger partial charge in [-0.3, -0.25) is 0 Å². The molecule has 0 bridgehead atoms. The van der Waals surface area contributed by atoms with Crippen LogP contribution in [0.25, 0.3) is 33.7 Å². The van der Waals surface area contributed by atoms with Gasteiger partial charge < -0.3 is 18.8 Å².